The summed E-state index contributed by atoms with van der Waals surface area (Å²) in [5, 5.41) is 5.87. The molecule has 20 heavy (non-hydrogen) atoms. The van der Waals surface area contributed by atoms with Crippen molar-refractivity contribution in [2.45, 2.75) is 26.3 Å². The number of rotatable bonds is 2. The van der Waals surface area contributed by atoms with E-state index in [9.17, 15) is 4.79 Å². The van der Waals surface area contributed by atoms with Gasteiger partial charge in [-0.15, -0.1) is 0 Å². The second-order valence-corrected chi connectivity index (χ2v) is 6.14. The molecule has 2 aromatic carbocycles. The molecular formula is C16H18ClNO2. The molecule has 0 amide bonds. The number of esters is 1. The van der Waals surface area contributed by atoms with Gasteiger partial charge >= 0.3 is 5.97 Å². The number of hydrogen-bond acceptors (Lipinski definition) is 3. The highest BCUT2D eigenvalue weighted by atomic mass is 35.5. The largest absolute Gasteiger partial charge is 0.465 e. The third kappa shape index (κ3) is 3.05. The minimum absolute atomic E-state index is 0.138. The topological polar surface area (TPSA) is 38.3 Å². The molecule has 0 aromatic heterocycles. The molecule has 106 valence electrons. The number of nitrogens with one attached hydrogen (secondary N) is 1. The normalized spacial score (nSPS) is 11.4. The summed E-state index contributed by atoms with van der Waals surface area (Å²) in [6, 6.07) is 9.22. The minimum atomic E-state index is -0.358. The van der Waals surface area contributed by atoms with Gasteiger partial charge in [0.15, 0.2) is 0 Å². The molecule has 0 spiro atoms. The summed E-state index contributed by atoms with van der Waals surface area (Å²) in [6.07, 6.45) is 0. The first kappa shape index (κ1) is 14.7. The molecule has 0 radical (unpaired) electrons. The van der Waals surface area contributed by atoms with E-state index in [0.29, 0.717) is 10.6 Å². The van der Waals surface area contributed by atoms with E-state index in [2.05, 4.69) is 26.1 Å². The molecule has 0 aliphatic rings. The highest BCUT2D eigenvalue weighted by Gasteiger charge is 2.16. The maximum atomic E-state index is 11.8. The SMILES string of the molecule is COC(=O)c1cc(NC(C)(C)C)c2c(Cl)cccc2c1. The van der Waals surface area contributed by atoms with E-state index in [4.69, 9.17) is 16.3 Å². The third-order valence-corrected chi connectivity index (χ3v) is 3.17. The van der Waals surface area contributed by atoms with Crippen LogP contribution in [-0.2, 0) is 4.74 Å². The van der Waals surface area contributed by atoms with Gasteiger partial charge in [-0.3, -0.25) is 0 Å². The van der Waals surface area contributed by atoms with Gasteiger partial charge < -0.3 is 10.1 Å². The average Bonchev–Trinajstić information content (AvgIpc) is 2.35. The molecule has 0 bridgehead atoms. The van der Waals surface area contributed by atoms with E-state index >= 15 is 0 Å². The zero-order valence-corrected chi connectivity index (χ0v) is 12.8. The third-order valence-electron chi connectivity index (χ3n) is 2.86. The van der Waals surface area contributed by atoms with Crippen molar-refractivity contribution in [2.75, 3.05) is 12.4 Å². The van der Waals surface area contributed by atoms with Gasteiger partial charge in [-0.1, -0.05) is 23.7 Å². The summed E-state index contributed by atoms with van der Waals surface area (Å²) < 4.78 is 4.80. The van der Waals surface area contributed by atoms with Gasteiger partial charge in [0.25, 0.3) is 0 Å². The number of ether oxygens (including phenoxy) is 1. The molecule has 2 rings (SSSR count). The van der Waals surface area contributed by atoms with Gasteiger partial charge in [-0.05, 0) is 44.4 Å². The lowest BCUT2D eigenvalue weighted by Crippen LogP contribution is -2.26. The van der Waals surface area contributed by atoms with Gasteiger partial charge in [0, 0.05) is 16.6 Å². The molecule has 0 aliphatic carbocycles. The Bertz CT molecular complexity index is 659. The van der Waals surface area contributed by atoms with Gasteiger partial charge in [0.2, 0.25) is 0 Å². The molecule has 0 unspecified atom stereocenters. The van der Waals surface area contributed by atoms with Crippen LogP contribution < -0.4 is 5.32 Å². The molecule has 4 heteroatoms. The number of benzene rings is 2. The van der Waals surface area contributed by atoms with E-state index in [1.54, 1.807) is 12.1 Å². The molecule has 0 aliphatic heterocycles. The number of methoxy groups -OCH3 is 1. The first-order valence-electron chi connectivity index (χ1n) is 6.40. The molecule has 0 saturated carbocycles. The summed E-state index contributed by atoms with van der Waals surface area (Å²) in [6.45, 7) is 6.17. The van der Waals surface area contributed by atoms with Crippen molar-refractivity contribution in [2.24, 2.45) is 0 Å². The van der Waals surface area contributed by atoms with E-state index in [1.807, 2.05) is 18.2 Å². The van der Waals surface area contributed by atoms with Crippen LogP contribution in [-0.4, -0.2) is 18.6 Å². The van der Waals surface area contributed by atoms with Crippen LogP contribution in [0, 0.1) is 0 Å². The van der Waals surface area contributed by atoms with Crippen LogP contribution in [0.5, 0.6) is 0 Å². The van der Waals surface area contributed by atoms with Crippen LogP contribution >= 0.6 is 11.6 Å². The summed E-state index contributed by atoms with van der Waals surface area (Å²) in [7, 11) is 1.38. The summed E-state index contributed by atoms with van der Waals surface area (Å²) >= 11 is 6.30. The summed E-state index contributed by atoms with van der Waals surface area (Å²) in [4.78, 5) is 11.8. The molecule has 3 nitrogen and oxygen atoms in total. The summed E-state index contributed by atoms with van der Waals surface area (Å²) in [5.74, 6) is -0.358. The molecule has 0 heterocycles. The van der Waals surface area contributed by atoms with Crippen molar-refractivity contribution in [3.05, 3.63) is 40.9 Å². The van der Waals surface area contributed by atoms with Crippen LogP contribution in [0.3, 0.4) is 0 Å². The number of anilines is 1. The first-order chi connectivity index (χ1) is 9.31. The maximum Gasteiger partial charge on any atom is 0.337 e. The highest BCUT2D eigenvalue weighted by molar-refractivity contribution is 6.36. The molecular weight excluding hydrogens is 274 g/mol. The van der Waals surface area contributed by atoms with E-state index in [0.717, 1.165) is 16.5 Å². The van der Waals surface area contributed by atoms with Crippen molar-refractivity contribution < 1.29 is 9.53 Å². The lowest BCUT2D eigenvalue weighted by molar-refractivity contribution is 0.0601. The van der Waals surface area contributed by atoms with E-state index in [1.165, 1.54) is 7.11 Å². The van der Waals surface area contributed by atoms with Crippen LogP contribution in [0.2, 0.25) is 5.02 Å². The first-order valence-corrected chi connectivity index (χ1v) is 6.78. The molecule has 1 N–H and O–H groups in total. The van der Waals surface area contributed by atoms with Crippen LogP contribution in [0.4, 0.5) is 5.69 Å². The minimum Gasteiger partial charge on any atom is -0.465 e. The molecule has 2 aromatic rings. The Morgan fingerprint density at radius 3 is 2.55 bits per heavy atom. The van der Waals surface area contributed by atoms with Crippen molar-refractivity contribution in [3.63, 3.8) is 0 Å². The Morgan fingerprint density at radius 2 is 1.95 bits per heavy atom. The second-order valence-electron chi connectivity index (χ2n) is 5.73. The second kappa shape index (κ2) is 5.33. The Hall–Kier alpha value is -1.74. The van der Waals surface area contributed by atoms with E-state index in [-0.39, 0.29) is 11.5 Å². The van der Waals surface area contributed by atoms with Crippen molar-refractivity contribution in [3.8, 4) is 0 Å². The highest BCUT2D eigenvalue weighted by Crippen LogP contribution is 2.33. The Morgan fingerprint density at radius 1 is 1.25 bits per heavy atom. The Balaban J connectivity index is 2.70. The fourth-order valence-electron chi connectivity index (χ4n) is 2.12. The Labute approximate surface area is 123 Å². The predicted octanol–water partition coefficient (Wildman–Crippen LogP) is 4.49. The van der Waals surface area contributed by atoms with Crippen molar-refractivity contribution in [1.82, 2.24) is 0 Å². The van der Waals surface area contributed by atoms with Crippen LogP contribution in [0.25, 0.3) is 10.8 Å². The maximum absolute atomic E-state index is 11.8. The monoisotopic (exact) mass is 291 g/mol. The van der Waals surface area contributed by atoms with Gasteiger partial charge in [0.1, 0.15) is 0 Å². The smallest absolute Gasteiger partial charge is 0.337 e. The lowest BCUT2D eigenvalue weighted by atomic mass is 10.0. The summed E-state index contributed by atoms with van der Waals surface area (Å²) in [5.41, 5.74) is 1.20. The zero-order valence-electron chi connectivity index (χ0n) is 12.1. The average molecular weight is 292 g/mol. The standard InChI is InChI=1S/C16H18ClNO2/c1-16(2,3)18-13-9-11(15(19)20-4)8-10-6-5-7-12(17)14(10)13/h5-9,18H,1-4H3. The van der Waals surface area contributed by atoms with Crippen molar-refractivity contribution >= 4 is 34.0 Å². The van der Waals surface area contributed by atoms with Gasteiger partial charge in [0.05, 0.1) is 17.7 Å². The lowest BCUT2D eigenvalue weighted by Gasteiger charge is -2.24. The van der Waals surface area contributed by atoms with Gasteiger partial charge in [-0.25, -0.2) is 4.79 Å². The molecule has 0 atom stereocenters. The van der Waals surface area contributed by atoms with Gasteiger partial charge in [-0.2, -0.15) is 0 Å². The van der Waals surface area contributed by atoms with Crippen LogP contribution in [0.15, 0.2) is 30.3 Å². The predicted molar refractivity (Wildman–Crippen MR) is 83.7 cm³/mol. The fraction of sp³-hybridized carbons (Fsp3) is 0.312. The Kier molecular flexibility index (Phi) is 3.91. The number of halogens is 1. The number of carbonyl (C=O) groups excluding carboxylic acids is 1. The van der Waals surface area contributed by atoms with Crippen LogP contribution in [0.1, 0.15) is 31.1 Å². The number of carbonyl (C=O) groups is 1. The number of hydrogen-bond donors (Lipinski definition) is 1. The number of fused-ring (bicyclic) bond motifs is 1. The zero-order chi connectivity index (χ0) is 14.9. The quantitative estimate of drug-likeness (QED) is 0.829. The van der Waals surface area contributed by atoms with E-state index < -0.39 is 0 Å². The molecule has 0 saturated heterocycles. The van der Waals surface area contributed by atoms with Crippen molar-refractivity contribution in [1.29, 1.82) is 0 Å². The molecule has 0 fully saturated rings. The fourth-order valence-corrected chi connectivity index (χ4v) is 2.40.